The quantitative estimate of drug-likeness (QED) is 0.489. The average Bonchev–Trinajstić information content (AvgIpc) is 2.80. The smallest absolute Gasteiger partial charge is 0.119 e. The lowest BCUT2D eigenvalue weighted by atomic mass is 9.85. The maximum atomic E-state index is 10.2. The first kappa shape index (κ1) is 20.7. The minimum absolute atomic E-state index is 0.423. The molecular weight excluding hydrogens is 366 g/mol. The van der Waals surface area contributed by atoms with Crippen LogP contribution in [0.5, 0.6) is 5.75 Å². The summed E-state index contributed by atoms with van der Waals surface area (Å²) in [6.45, 7) is 4.51. The maximum absolute atomic E-state index is 10.2. The van der Waals surface area contributed by atoms with Gasteiger partial charge in [-0.3, -0.25) is 0 Å². The lowest BCUT2D eigenvalue weighted by Gasteiger charge is -2.36. The van der Waals surface area contributed by atoms with Crippen molar-refractivity contribution in [3.63, 3.8) is 0 Å². The molecule has 0 radical (unpaired) electrons. The van der Waals surface area contributed by atoms with Gasteiger partial charge in [0, 0.05) is 12.0 Å². The zero-order chi connectivity index (χ0) is 20.8. The second kappa shape index (κ2) is 9.95. The van der Waals surface area contributed by atoms with E-state index in [1.165, 1.54) is 23.1 Å². The number of nitrogens with zero attached hydrogens (tertiary/aromatic N) is 1. The first-order valence-corrected chi connectivity index (χ1v) is 11.4. The highest BCUT2D eigenvalue weighted by Gasteiger charge is 2.26. The van der Waals surface area contributed by atoms with E-state index in [2.05, 4.69) is 78.6 Å². The first-order chi connectivity index (χ1) is 14.8. The Hall–Kier alpha value is -2.58. The van der Waals surface area contributed by atoms with Gasteiger partial charge in [-0.05, 0) is 73.5 Å². The Morgan fingerprint density at radius 2 is 1.53 bits per heavy atom. The third-order valence-corrected chi connectivity index (χ3v) is 6.57. The molecule has 3 aromatic rings. The Bertz CT molecular complexity index is 882. The minimum Gasteiger partial charge on any atom is -0.508 e. The van der Waals surface area contributed by atoms with E-state index in [4.69, 9.17) is 0 Å². The van der Waals surface area contributed by atoms with Crippen LogP contribution in [0.2, 0.25) is 0 Å². The molecule has 4 rings (SSSR count). The fraction of sp³-hybridized carbons (Fsp3) is 0.357. The van der Waals surface area contributed by atoms with Crippen LogP contribution in [0.25, 0.3) is 0 Å². The van der Waals surface area contributed by atoms with Crippen molar-refractivity contribution in [3.8, 4) is 5.75 Å². The number of hydrogen-bond acceptors (Lipinski definition) is 2. The van der Waals surface area contributed by atoms with E-state index in [9.17, 15) is 5.11 Å². The van der Waals surface area contributed by atoms with Crippen molar-refractivity contribution in [3.05, 3.63) is 101 Å². The van der Waals surface area contributed by atoms with Crippen LogP contribution in [0, 0.1) is 0 Å². The van der Waals surface area contributed by atoms with Crippen LogP contribution in [0.1, 0.15) is 54.4 Å². The van der Waals surface area contributed by atoms with Gasteiger partial charge in [0.2, 0.25) is 0 Å². The van der Waals surface area contributed by atoms with E-state index in [1.807, 2.05) is 12.1 Å². The SMILES string of the molecule is CCCN(CCC(c1ccccc1)c1ccccc1)C1CCc2c(O)cccc2C1. The van der Waals surface area contributed by atoms with Crippen LogP contribution < -0.4 is 0 Å². The van der Waals surface area contributed by atoms with Gasteiger partial charge in [-0.25, -0.2) is 0 Å². The van der Waals surface area contributed by atoms with E-state index >= 15 is 0 Å². The van der Waals surface area contributed by atoms with Crippen LogP contribution in [-0.4, -0.2) is 29.1 Å². The monoisotopic (exact) mass is 399 g/mol. The average molecular weight is 400 g/mol. The number of benzene rings is 3. The van der Waals surface area contributed by atoms with E-state index in [-0.39, 0.29) is 0 Å². The van der Waals surface area contributed by atoms with Crippen LogP contribution >= 0.6 is 0 Å². The van der Waals surface area contributed by atoms with Crippen LogP contribution in [0.4, 0.5) is 0 Å². The summed E-state index contributed by atoms with van der Waals surface area (Å²) in [4.78, 5) is 2.70. The van der Waals surface area contributed by atoms with E-state index in [1.54, 1.807) is 0 Å². The number of phenolic OH excluding ortho intramolecular Hbond substituents is 1. The van der Waals surface area contributed by atoms with Gasteiger partial charge in [0.15, 0.2) is 0 Å². The molecule has 0 amide bonds. The van der Waals surface area contributed by atoms with Crippen molar-refractivity contribution in [1.29, 1.82) is 0 Å². The van der Waals surface area contributed by atoms with Gasteiger partial charge in [-0.2, -0.15) is 0 Å². The number of aromatic hydroxyl groups is 1. The summed E-state index contributed by atoms with van der Waals surface area (Å²) >= 11 is 0. The number of fused-ring (bicyclic) bond motifs is 1. The zero-order valence-electron chi connectivity index (χ0n) is 18.0. The predicted octanol–water partition coefficient (Wildman–Crippen LogP) is 6.18. The van der Waals surface area contributed by atoms with Crippen molar-refractivity contribution in [2.75, 3.05) is 13.1 Å². The number of rotatable bonds is 8. The van der Waals surface area contributed by atoms with E-state index < -0.39 is 0 Å². The largest absolute Gasteiger partial charge is 0.508 e. The number of hydrogen-bond donors (Lipinski definition) is 1. The van der Waals surface area contributed by atoms with Gasteiger partial charge in [-0.1, -0.05) is 79.7 Å². The van der Waals surface area contributed by atoms with Crippen molar-refractivity contribution >= 4 is 0 Å². The Morgan fingerprint density at radius 1 is 0.867 bits per heavy atom. The van der Waals surface area contributed by atoms with Crippen molar-refractivity contribution < 1.29 is 5.11 Å². The highest BCUT2D eigenvalue weighted by atomic mass is 16.3. The summed E-state index contributed by atoms with van der Waals surface area (Å²) in [7, 11) is 0. The summed E-state index contributed by atoms with van der Waals surface area (Å²) < 4.78 is 0. The third kappa shape index (κ3) is 4.76. The molecule has 3 aromatic carbocycles. The molecule has 30 heavy (non-hydrogen) atoms. The molecule has 1 aliphatic rings. The molecule has 0 aromatic heterocycles. The topological polar surface area (TPSA) is 23.5 Å². The Labute approximate surface area is 181 Å². The van der Waals surface area contributed by atoms with E-state index in [0.717, 1.165) is 44.3 Å². The number of phenols is 1. The molecule has 0 heterocycles. The van der Waals surface area contributed by atoms with Gasteiger partial charge >= 0.3 is 0 Å². The van der Waals surface area contributed by atoms with Crippen molar-refractivity contribution in [1.82, 2.24) is 4.90 Å². The molecule has 2 nitrogen and oxygen atoms in total. The van der Waals surface area contributed by atoms with Crippen LogP contribution in [0.15, 0.2) is 78.9 Å². The lowest BCUT2D eigenvalue weighted by Crippen LogP contribution is -2.41. The normalized spacial score (nSPS) is 16.0. The van der Waals surface area contributed by atoms with Crippen molar-refractivity contribution in [2.24, 2.45) is 0 Å². The molecule has 0 saturated heterocycles. The first-order valence-electron chi connectivity index (χ1n) is 11.4. The van der Waals surface area contributed by atoms with Gasteiger partial charge in [-0.15, -0.1) is 0 Å². The second-order valence-electron chi connectivity index (χ2n) is 8.51. The highest BCUT2D eigenvalue weighted by Crippen LogP contribution is 2.32. The van der Waals surface area contributed by atoms with Crippen LogP contribution in [-0.2, 0) is 12.8 Å². The molecular formula is C28H33NO. The van der Waals surface area contributed by atoms with Gasteiger partial charge in [0.1, 0.15) is 5.75 Å². The van der Waals surface area contributed by atoms with Gasteiger partial charge < -0.3 is 10.0 Å². The maximum Gasteiger partial charge on any atom is 0.119 e. The summed E-state index contributed by atoms with van der Waals surface area (Å²) in [5, 5.41) is 10.2. The van der Waals surface area contributed by atoms with Crippen molar-refractivity contribution in [2.45, 2.75) is 51.0 Å². The highest BCUT2D eigenvalue weighted by molar-refractivity contribution is 5.41. The molecule has 0 spiro atoms. The molecule has 1 N–H and O–H groups in total. The summed E-state index contributed by atoms with van der Waals surface area (Å²) in [6.07, 6.45) is 5.45. The van der Waals surface area contributed by atoms with Gasteiger partial charge in [0.25, 0.3) is 0 Å². The molecule has 0 bridgehead atoms. The fourth-order valence-electron chi connectivity index (χ4n) is 5.04. The standard InChI is InChI=1S/C28H33NO/c1-2-19-29(25-16-17-27-24(21-25)14-9-15-28(27)30)20-18-26(22-10-5-3-6-11-22)23-12-7-4-8-13-23/h3-15,25-26,30H,2,16-21H2,1H3. The summed E-state index contributed by atoms with van der Waals surface area (Å²) in [5.74, 6) is 0.896. The summed E-state index contributed by atoms with van der Waals surface area (Å²) in [6, 6.07) is 28.4. The molecule has 2 heteroatoms. The molecule has 0 fully saturated rings. The van der Waals surface area contributed by atoms with Gasteiger partial charge in [0.05, 0.1) is 0 Å². The molecule has 1 aliphatic carbocycles. The van der Waals surface area contributed by atoms with Crippen LogP contribution in [0.3, 0.4) is 0 Å². The second-order valence-corrected chi connectivity index (χ2v) is 8.51. The predicted molar refractivity (Wildman–Crippen MR) is 125 cm³/mol. The zero-order valence-corrected chi connectivity index (χ0v) is 18.0. The molecule has 0 saturated carbocycles. The fourth-order valence-corrected chi connectivity index (χ4v) is 5.04. The molecule has 0 aliphatic heterocycles. The Morgan fingerprint density at radius 3 is 2.17 bits per heavy atom. The summed E-state index contributed by atoms with van der Waals surface area (Å²) in [5.41, 5.74) is 5.30. The Kier molecular flexibility index (Phi) is 6.86. The molecule has 156 valence electrons. The lowest BCUT2D eigenvalue weighted by molar-refractivity contribution is 0.175. The molecule has 1 unspecified atom stereocenters. The third-order valence-electron chi connectivity index (χ3n) is 6.57. The Balaban J connectivity index is 1.51. The molecule has 1 atom stereocenters. The minimum atomic E-state index is 0.423. The van der Waals surface area contributed by atoms with E-state index in [0.29, 0.717) is 17.7 Å².